The lowest BCUT2D eigenvalue weighted by molar-refractivity contribution is 1.17. The van der Waals surface area contributed by atoms with Crippen LogP contribution in [0.3, 0.4) is 0 Å². The highest BCUT2D eigenvalue weighted by Gasteiger charge is 2.06. The molecule has 0 aromatic carbocycles. The minimum atomic E-state index is -0.378. The van der Waals surface area contributed by atoms with Crippen molar-refractivity contribution in [3.05, 3.63) is 31.3 Å². The lowest BCUT2D eigenvalue weighted by Crippen LogP contribution is -2.10. The molecule has 0 saturated carbocycles. The summed E-state index contributed by atoms with van der Waals surface area (Å²) in [7, 11) is 0. The maximum Gasteiger partial charge on any atom is 0.278 e. The number of fused-ring (bicyclic) bond motifs is 2. The van der Waals surface area contributed by atoms with Gasteiger partial charge in [0.05, 0.1) is 0 Å². The first-order chi connectivity index (χ1) is 11.3. The number of anilines is 2. The second-order valence-corrected chi connectivity index (χ2v) is 5.07. The number of nitrogen functional groups attached to an aromatic ring is 2. The van der Waals surface area contributed by atoms with E-state index in [1.807, 2.05) is 0 Å². The van der Waals surface area contributed by atoms with Crippen LogP contribution in [-0.4, -0.2) is 39.9 Å². The van der Waals surface area contributed by atoms with E-state index in [1.54, 1.807) is 0 Å². The number of hydrogen-bond donors (Lipinski definition) is 6. The summed E-state index contributed by atoms with van der Waals surface area (Å²) < 4.78 is 0. The molecule has 14 heteroatoms. The number of imidazole rings is 2. The number of aromatic amines is 4. The Balaban J connectivity index is 0.000000141. The molecule has 0 saturated heterocycles. The predicted octanol–water partition coefficient (Wildman–Crippen LogP) is -0.236. The molecule has 4 heterocycles. The molecule has 0 atom stereocenters. The van der Waals surface area contributed by atoms with Crippen molar-refractivity contribution in [2.75, 3.05) is 11.5 Å². The highest BCUT2D eigenvalue weighted by Crippen LogP contribution is 2.08. The van der Waals surface area contributed by atoms with Gasteiger partial charge in [-0.05, 0) is 23.2 Å². The van der Waals surface area contributed by atoms with E-state index >= 15 is 0 Å². The Kier molecular flexibility index (Phi) is 3.83. The van der Waals surface area contributed by atoms with E-state index in [2.05, 4.69) is 39.9 Å². The lowest BCUT2D eigenvalue weighted by Gasteiger charge is -1.89. The minimum absolute atomic E-state index is 0.0238. The Morgan fingerprint density at radius 1 is 0.667 bits per heavy atom. The van der Waals surface area contributed by atoms with E-state index in [0.717, 1.165) is 0 Å². The van der Waals surface area contributed by atoms with Crippen molar-refractivity contribution in [2.24, 2.45) is 0 Å². The van der Waals surface area contributed by atoms with E-state index in [1.165, 1.54) is 0 Å². The van der Waals surface area contributed by atoms with Gasteiger partial charge in [0.15, 0.2) is 22.3 Å². The van der Waals surface area contributed by atoms with Gasteiger partial charge in [-0.25, -0.2) is 0 Å². The van der Waals surface area contributed by atoms with E-state index in [4.69, 9.17) is 34.7 Å². The number of H-pyrrole nitrogens is 4. The molecular formula is C10H8Cl2N10O2. The number of nitrogens with one attached hydrogen (secondary N) is 4. The molecule has 4 aromatic heterocycles. The van der Waals surface area contributed by atoms with Gasteiger partial charge >= 0.3 is 0 Å². The number of halogens is 2. The molecule has 124 valence electrons. The molecule has 24 heavy (non-hydrogen) atoms. The van der Waals surface area contributed by atoms with Crippen molar-refractivity contribution < 1.29 is 0 Å². The molecule has 12 nitrogen and oxygen atoms in total. The fourth-order valence-corrected chi connectivity index (χ4v) is 2.14. The van der Waals surface area contributed by atoms with Crippen LogP contribution in [0.2, 0.25) is 10.6 Å². The van der Waals surface area contributed by atoms with Crippen LogP contribution < -0.4 is 22.6 Å². The molecule has 0 fully saturated rings. The zero-order valence-electron chi connectivity index (χ0n) is 11.5. The van der Waals surface area contributed by atoms with Crippen molar-refractivity contribution in [1.29, 1.82) is 0 Å². The van der Waals surface area contributed by atoms with Crippen LogP contribution in [0.15, 0.2) is 9.59 Å². The van der Waals surface area contributed by atoms with E-state index in [0.29, 0.717) is 0 Å². The van der Waals surface area contributed by atoms with Crippen LogP contribution >= 0.6 is 23.2 Å². The first kappa shape index (κ1) is 15.8. The summed E-state index contributed by atoms with van der Waals surface area (Å²) in [5.74, 6) is 0.0475. The van der Waals surface area contributed by atoms with Crippen molar-refractivity contribution in [3.63, 3.8) is 0 Å². The van der Waals surface area contributed by atoms with Gasteiger partial charge in [-0.15, -0.1) is 0 Å². The summed E-state index contributed by atoms with van der Waals surface area (Å²) in [6, 6.07) is 0. The molecule has 0 amide bonds. The van der Waals surface area contributed by atoms with Crippen LogP contribution in [0.1, 0.15) is 0 Å². The van der Waals surface area contributed by atoms with Gasteiger partial charge in [-0.2, -0.15) is 19.9 Å². The zero-order valence-corrected chi connectivity index (χ0v) is 13.0. The smallest absolute Gasteiger partial charge is 0.278 e. The number of aromatic nitrogens is 8. The molecule has 0 aliphatic carbocycles. The second-order valence-electron chi connectivity index (χ2n) is 4.35. The number of nitrogens with two attached hydrogens (primary N) is 2. The minimum Gasteiger partial charge on any atom is -0.369 e. The third-order valence-corrected chi connectivity index (χ3v) is 3.06. The Morgan fingerprint density at radius 3 is 1.42 bits per heavy atom. The molecular weight excluding hydrogens is 363 g/mol. The highest BCUT2D eigenvalue weighted by molar-refractivity contribution is 6.29. The monoisotopic (exact) mass is 370 g/mol. The first-order valence-electron chi connectivity index (χ1n) is 6.15. The van der Waals surface area contributed by atoms with Crippen molar-refractivity contribution in [1.82, 2.24) is 39.9 Å². The topological polar surface area (TPSA) is 201 Å². The van der Waals surface area contributed by atoms with Crippen molar-refractivity contribution in [2.45, 2.75) is 0 Å². The van der Waals surface area contributed by atoms with E-state index in [-0.39, 0.29) is 55.9 Å². The van der Waals surface area contributed by atoms with Gasteiger partial charge in [-0.3, -0.25) is 19.6 Å². The normalized spacial score (nSPS) is 10.8. The third kappa shape index (κ3) is 3.00. The third-order valence-electron chi connectivity index (χ3n) is 2.70. The Bertz CT molecular complexity index is 1060. The lowest BCUT2D eigenvalue weighted by atomic mass is 10.5. The largest absolute Gasteiger partial charge is 0.369 e. The maximum atomic E-state index is 11.1. The Hall–Kier alpha value is -3.12. The van der Waals surface area contributed by atoms with Crippen LogP contribution in [0.5, 0.6) is 0 Å². The van der Waals surface area contributed by atoms with Crippen LogP contribution in [0, 0.1) is 0 Å². The van der Waals surface area contributed by atoms with Crippen LogP contribution in [0.25, 0.3) is 22.3 Å². The molecule has 4 aromatic rings. The van der Waals surface area contributed by atoms with E-state index < -0.39 is 0 Å². The summed E-state index contributed by atoms with van der Waals surface area (Å²) in [6.07, 6.45) is 0. The fourth-order valence-electron chi connectivity index (χ4n) is 1.79. The van der Waals surface area contributed by atoms with Crippen LogP contribution in [0.4, 0.5) is 11.9 Å². The van der Waals surface area contributed by atoms with Gasteiger partial charge in [0, 0.05) is 0 Å². The van der Waals surface area contributed by atoms with Gasteiger partial charge in [0.2, 0.25) is 22.5 Å². The SMILES string of the molecule is Nc1nc2nc(Cl)[nH]c2c(=O)[nH]1.Nc1nc2nc(Cl)[nH]c2c(=O)[nH]1. The Morgan fingerprint density at radius 2 is 1.04 bits per heavy atom. The summed E-state index contributed by atoms with van der Waals surface area (Å²) in [5.41, 5.74) is 10.7. The second kappa shape index (κ2) is 5.82. The summed E-state index contributed by atoms with van der Waals surface area (Å²) in [4.78, 5) is 46.9. The predicted molar refractivity (Wildman–Crippen MR) is 87.9 cm³/mol. The molecule has 4 rings (SSSR count). The van der Waals surface area contributed by atoms with Crippen molar-refractivity contribution in [3.8, 4) is 0 Å². The average molecular weight is 371 g/mol. The Labute approximate surface area is 140 Å². The van der Waals surface area contributed by atoms with Gasteiger partial charge in [0.25, 0.3) is 11.1 Å². The molecule has 0 aliphatic rings. The number of rotatable bonds is 0. The number of hydrogen-bond acceptors (Lipinski definition) is 8. The molecule has 0 bridgehead atoms. The zero-order chi connectivity index (χ0) is 17.4. The molecule has 0 radical (unpaired) electrons. The van der Waals surface area contributed by atoms with Crippen LogP contribution in [-0.2, 0) is 0 Å². The fraction of sp³-hybridized carbons (Fsp3) is 0. The molecule has 0 unspecified atom stereocenters. The first-order valence-corrected chi connectivity index (χ1v) is 6.91. The number of nitrogens with zero attached hydrogens (tertiary/aromatic N) is 4. The quantitative estimate of drug-likeness (QED) is 0.227. The van der Waals surface area contributed by atoms with Gasteiger partial charge in [0.1, 0.15) is 0 Å². The van der Waals surface area contributed by atoms with Gasteiger partial charge < -0.3 is 21.4 Å². The van der Waals surface area contributed by atoms with E-state index in [9.17, 15) is 9.59 Å². The van der Waals surface area contributed by atoms with Gasteiger partial charge in [-0.1, -0.05) is 0 Å². The molecule has 0 spiro atoms. The summed E-state index contributed by atoms with van der Waals surface area (Å²) >= 11 is 11.0. The van der Waals surface area contributed by atoms with Crippen molar-refractivity contribution >= 4 is 57.4 Å². The summed E-state index contributed by atoms with van der Waals surface area (Å²) in [5, 5.41) is 0.238. The summed E-state index contributed by atoms with van der Waals surface area (Å²) in [6.45, 7) is 0. The highest BCUT2D eigenvalue weighted by atomic mass is 35.5. The molecule has 0 aliphatic heterocycles. The maximum absolute atomic E-state index is 11.1. The molecule has 8 N–H and O–H groups in total. The standard InChI is InChI=1S/2C5H4ClN5O/c2*6-4-8-1-2(9-4)10-5(7)11-3(1)12/h2*(H4,7,8,9,10,11,12). The average Bonchev–Trinajstić information content (AvgIpc) is 3.01.